The van der Waals surface area contributed by atoms with Gasteiger partial charge in [0.15, 0.2) is 0 Å². The van der Waals surface area contributed by atoms with Crippen molar-refractivity contribution in [3.05, 3.63) is 46.8 Å². The van der Waals surface area contributed by atoms with Gasteiger partial charge < -0.3 is 5.73 Å². The van der Waals surface area contributed by atoms with E-state index < -0.39 is 0 Å². The molecule has 0 aliphatic carbocycles. The molecular weight excluding hydrogens is 224 g/mol. The molecule has 0 saturated carbocycles. The van der Waals surface area contributed by atoms with E-state index in [-0.39, 0.29) is 5.84 Å². The van der Waals surface area contributed by atoms with Crippen LogP contribution in [0.2, 0.25) is 0 Å². The summed E-state index contributed by atoms with van der Waals surface area (Å²) < 4.78 is 1.94. The molecule has 2 rings (SSSR count). The molecule has 4 nitrogen and oxygen atoms in total. The Kier molecular flexibility index (Phi) is 3.19. The summed E-state index contributed by atoms with van der Waals surface area (Å²) >= 11 is 0. The van der Waals surface area contributed by atoms with Gasteiger partial charge in [-0.2, -0.15) is 5.10 Å². The van der Waals surface area contributed by atoms with Crippen LogP contribution in [-0.4, -0.2) is 15.6 Å². The van der Waals surface area contributed by atoms with Crippen molar-refractivity contribution in [3.8, 4) is 5.69 Å². The molecule has 0 unspecified atom stereocenters. The van der Waals surface area contributed by atoms with Crippen molar-refractivity contribution in [2.45, 2.75) is 27.2 Å². The molecule has 1 aromatic heterocycles. The Hall–Kier alpha value is -2.10. The topological polar surface area (TPSA) is 67.7 Å². The highest BCUT2D eigenvalue weighted by atomic mass is 15.3. The Morgan fingerprint density at radius 3 is 2.33 bits per heavy atom. The zero-order valence-corrected chi connectivity index (χ0v) is 11.0. The van der Waals surface area contributed by atoms with Gasteiger partial charge in [-0.1, -0.05) is 6.92 Å². The number of rotatable bonds is 3. The van der Waals surface area contributed by atoms with E-state index in [2.05, 4.69) is 18.9 Å². The first kappa shape index (κ1) is 12.4. The van der Waals surface area contributed by atoms with E-state index in [0.717, 1.165) is 23.4 Å². The average Bonchev–Trinajstić information content (AvgIpc) is 2.64. The minimum Gasteiger partial charge on any atom is -0.384 e. The fourth-order valence-electron chi connectivity index (χ4n) is 2.22. The smallest absolute Gasteiger partial charge is 0.122 e. The van der Waals surface area contributed by atoms with Gasteiger partial charge in [-0.05, 0) is 50.1 Å². The number of benzene rings is 1. The molecule has 0 saturated heterocycles. The van der Waals surface area contributed by atoms with Crippen LogP contribution >= 0.6 is 0 Å². The van der Waals surface area contributed by atoms with Gasteiger partial charge in [0.25, 0.3) is 0 Å². The summed E-state index contributed by atoms with van der Waals surface area (Å²) in [6, 6.07) is 7.57. The Labute approximate surface area is 107 Å². The van der Waals surface area contributed by atoms with Crippen molar-refractivity contribution < 1.29 is 0 Å². The number of aromatic nitrogens is 2. The number of nitrogens with two attached hydrogens (primary N) is 1. The van der Waals surface area contributed by atoms with Crippen molar-refractivity contribution in [1.29, 1.82) is 5.41 Å². The highest BCUT2D eigenvalue weighted by Crippen LogP contribution is 2.18. The minimum absolute atomic E-state index is 0.0872. The second-order valence-corrected chi connectivity index (χ2v) is 4.38. The largest absolute Gasteiger partial charge is 0.384 e. The molecule has 0 aliphatic heterocycles. The van der Waals surface area contributed by atoms with E-state index in [0.29, 0.717) is 0 Å². The molecule has 0 radical (unpaired) electrons. The third kappa shape index (κ3) is 2.01. The Bertz CT molecular complexity index is 579. The summed E-state index contributed by atoms with van der Waals surface area (Å²) in [5.41, 5.74) is 10.7. The van der Waals surface area contributed by atoms with E-state index in [9.17, 15) is 0 Å². The molecular formula is C14H18N4. The first-order valence-corrected chi connectivity index (χ1v) is 6.04. The molecule has 0 atom stereocenters. The molecule has 1 heterocycles. The maximum absolute atomic E-state index is 7.38. The quantitative estimate of drug-likeness (QED) is 0.640. The van der Waals surface area contributed by atoms with E-state index in [1.165, 1.54) is 11.3 Å². The highest BCUT2D eigenvalue weighted by molar-refractivity contribution is 5.95. The van der Waals surface area contributed by atoms with Crippen LogP contribution < -0.4 is 5.73 Å². The van der Waals surface area contributed by atoms with Gasteiger partial charge >= 0.3 is 0 Å². The number of aryl methyl sites for hydroxylation is 1. The normalized spacial score (nSPS) is 10.6. The molecule has 3 N–H and O–H groups in total. The van der Waals surface area contributed by atoms with Gasteiger partial charge in [0, 0.05) is 11.3 Å². The molecule has 0 spiro atoms. The maximum Gasteiger partial charge on any atom is 0.122 e. The molecule has 0 amide bonds. The van der Waals surface area contributed by atoms with Crippen molar-refractivity contribution in [1.82, 2.24) is 9.78 Å². The van der Waals surface area contributed by atoms with Crippen molar-refractivity contribution in [2.75, 3.05) is 0 Å². The third-order valence-corrected chi connectivity index (χ3v) is 3.22. The molecule has 4 heteroatoms. The fourth-order valence-corrected chi connectivity index (χ4v) is 2.22. The molecule has 1 aromatic carbocycles. The SMILES string of the molecule is CCc1c(C)nn(-c2ccc(C(=N)N)cc2)c1C. The molecule has 0 fully saturated rings. The zero-order chi connectivity index (χ0) is 13.3. The summed E-state index contributed by atoms with van der Waals surface area (Å²) in [6.45, 7) is 6.25. The number of amidine groups is 1. The number of hydrogen-bond acceptors (Lipinski definition) is 2. The van der Waals surface area contributed by atoms with Gasteiger partial charge in [0.05, 0.1) is 11.4 Å². The van der Waals surface area contributed by atoms with Crippen molar-refractivity contribution >= 4 is 5.84 Å². The van der Waals surface area contributed by atoms with Crippen LogP contribution in [0.3, 0.4) is 0 Å². The fraction of sp³-hybridized carbons (Fsp3) is 0.286. The van der Waals surface area contributed by atoms with Crippen LogP contribution in [0.5, 0.6) is 0 Å². The minimum atomic E-state index is 0.0872. The lowest BCUT2D eigenvalue weighted by Crippen LogP contribution is -2.11. The first-order valence-electron chi connectivity index (χ1n) is 6.04. The predicted molar refractivity (Wildman–Crippen MR) is 73.4 cm³/mol. The van der Waals surface area contributed by atoms with Crippen LogP contribution in [0.1, 0.15) is 29.4 Å². The summed E-state index contributed by atoms with van der Waals surface area (Å²) in [5, 5.41) is 11.9. The second kappa shape index (κ2) is 4.64. The Balaban J connectivity index is 2.46. The van der Waals surface area contributed by atoms with Gasteiger partial charge in [-0.25, -0.2) is 4.68 Å². The molecule has 94 valence electrons. The van der Waals surface area contributed by atoms with Gasteiger partial charge in [-0.15, -0.1) is 0 Å². The van der Waals surface area contributed by atoms with Gasteiger partial charge in [0.2, 0.25) is 0 Å². The lowest BCUT2D eigenvalue weighted by molar-refractivity contribution is 0.832. The van der Waals surface area contributed by atoms with Crippen LogP contribution in [0.4, 0.5) is 0 Å². The van der Waals surface area contributed by atoms with E-state index in [1.54, 1.807) is 0 Å². The lowest BCUT2D eigenvalue weighted by atomic mass is 10.1. The van der Waals surface area contributed by atoms with Crippen LogP contribution in [-0.2, 0) is 6.42 Å². The van der Waals surface area contributed by atoms with Gasteiger partial charge in [0.1, 0.15) is 5.84 Å². The van der Waals surface area contributed by atoms with Crippen LogP contribution in [0, 0.1) is 19.3 Å². The highest BCUT2D eigenvalue weighted by Gasteiger charge is 2.10. The molecule has 0 aliphatic rings. The number of nitrogen functional groups attached to an aromatic ring is 1. The molecule has 18 heavy (non-hydrogen) atoms. The Morgan fingerprint density at radius 2 is 1.89 bits per heavy atom. The Morgan fingerprint density at radius 1 is 1.28 bits per heavy atom. The summed E-state index contributed by atoms with van der Waals surface area (Å²) in [6.07, 6.45) is 0.989. The standard InChI is InChI=1S/C14H18N4/c1-4-13-9(2)17-18(10(13)3)12-7-5-11(6-8-12)14(15)16/h5-8H,4H2,1-3H3,(H3,15,16). The van der Waals surface area contributed by atoms with E-state index in [1.807, 2.05) is 35.9 Å². The summed E-state index contributed by atoms with van der Waals surface area (Å²) in [4.78, 5) is 0. The van der Waals surface area contributed by atoms with Gasteiger partial charge in [-0.3, -0.25) is 5.41 Å². The number of nitrogens with zero attached hydrogens (tertiary/aromatic N) is 2. The van der Waals surface area contributed by atoms with E-state index >= 15 is 0 Å². The molecule has 2 aromatic rings. The van der Waals surface area contributed by atoms with Crippen molar-refractivity contribution in [2.24, 2.45) is 5.73 Å². The monoisotopic (exact) mass is 242 g/mol. The van der Waals surface area contributed by atoms with Crippen LogP contribution in [0.15, 0.2) is 24.3 Å². The second-order valence-electron chi connectivity index (χ2n) is 4.38. The number of nitrogens with one attached hydrogen (secondary N) is 1. The molecule has 0 bridgehead atoms. The summed E-state index contributed by atoms with van der Waals surface area (Å²) in [7, 11) is 0. The number of hydrogen-bond donors (Lipinski definition) is 2. The summed E-state index contributed by atoms with van der Waals surface area (Å²) in [5.74, 6) is 0.0872. The maximum atomic E-state index is 7.38. The zero-order valence-electron chi connectivity index (χ0n) is 11.0. The van der Waals surface area contributed by atoms with Crippen LogP contribution in [0.25, 0.3) is 5.69 Å². The predicted octanol–water partition coefficient (Wildman–Crippen LogP) is 2.34. The third-order valence-electron chi connectivity index (χ3n) is 3.22. The average molecular weight is 242 g/mol. The lowest BCUT2D eigenvalue weighted by Gasteiger charge is -2.06. The van der Waals surface area contributed by atoms with Crippen molar-refractivity contribution in [3.63, 3.8) is 0 Å². The van der Waals surface area contributed by atoms with E-state index in [4.69, 9.17) is 11.1 Å². The first-order chi connectivity index (χ1) is 8.54.